The minimum Gasteiger partial charge on any atom is -0.395 e. The number of rotatable bonds is 2. The SMILES string of the molecule is Cc1c2c(cc3c1N(CCO)CCC3)CCNCC2. The monoisotopic (exact) mass is 260 g/mol. The molecule has 1 aromatic carbocycles. The Labute approximate surface area is 115 Å². The number of nitrogens with zero attached hydrogens (tertiary/aromatic N) is 1. The van der Waals surface area contributed by atoms with Crippen molar-refractivity contribution in [2.75, 3.05) is 37.7 Å². The molecule has 0 fully saturated rings. The minimum atomic E-state index is 0.248. The lowest BCUT2D eigenvalue weighted by Gasteiger charge is -2.34. The zero-order valence-electron chi connectivity index (χ0n) is 11.8. The van der Waals surface area contributed by atoms with Gasteiger partial charge in [0.1, 0.15) is 0 Å². The number of aliphatic hydroxyl groups is 1. The van der Waals surface area contributed by atoms with E-state index in [0.29, 0.717) is 0 Å². The van der Waals surface area contributed by atoms with Crippen molar-refractivity contribution in [2.24, 2.45) is 0 Å². The van der Waals surface area contributed by atoms with E-state index in [-0.39, 0.29) is 6.61 Å². The normalized spacial score (nSPS) is 18.7. The highest BCUT2D eigenvalue weighted by Gasteiger charge is 2.23. The zero-order chi connectivity index (χ0) is 13.2. The van der Waals surface area contributed by atoms with Gasteiger partial charge in [0.2, 0.25) is 0 Å². The highest BCUT2D eigenvalue weighted by atomic mass is 16.3. The molecule has 19 heavy (non-hydrogen) atoms. The van der Waals surface area contributed by atoms with Gasteiger partial charge in [0, 0.05) is 18.8 Å². The molecule has 1 aromatic rings. The molecule has 2 aliphatic heterocycles. The Kier molecular flexibility index (Phi) is 3.76. The van der Waals surface area contributed by atoms with E-state index in [2.05, 4.69) is 23.2 Å². The van der Waals surface area contributed by atoms with E-state index in [1.54, 1.807) is 11.1 Å². The van der Waals surface area contributed by atoms with E-state index >= 15 is 0 Å². The summed E-state index contributed by atoms with van der Waals surface area (Å²) in [6.07, 6.45) is 4.70. The van der Waals surface area contributed by atoms with Crippen LogP contribution in [0.3, 0.4) is 0 Å². The molecular formula is C16H24N2O. The summed E-state index contributed by atoms with van der Waals surface area (Å²) in [5.41, 5.74) is 7.48. The Balaban J connectivity index is 2.07. The number of β-amino-alcohol motifs (C(OH)–C–C–N with tert-alkyl or cyclic N) is 1. The fourth-order valence-corrected chi connectivity index (χ4v) is 3.67. The number of aryl methyl sites for hydroxylation is 1. The fraction of sp³-hybridized carbons (Fsp3) is 0.625. The van der Waals surface area contributed by atoms with E-state index in [0.717, 1.165) is 39.0 Å². The van der Waals surface area contributed by atoms with Crippen molar-refractivity contribution in [1.82, 2.24) is 5.32 Å². The number of hydrogen-bond donors (Lipinski definition) is 2. The van der Waals surface area contributed by atoms with Crippen LogP contribution >= 0.6 is 0 Å². The molecule has 0 saturated carbocycles. The predicted octanol–water partition coefficient (Wildman–Crippen LogP) is 1.43. The minimum absolute atomic E-state index is 0.248. The molecule has 3 nitrogen and oxygen atoms in total. The van der Waals surface area contributed by atoms with Crippen LogP contribution in [-0.2, 0) is 19.3 Å². The fourth-order valence-electron chi connectivity index (χ4n) is 3.67. The smallest absolute Gasteiger partial charge is 0.0606 e. The van der Waals surface area contributed by atoms with Crippen molar-refractivity contribution in [1.29, 1.82) is 0 Å². The van der Waals surface area contributed by atoms with Crippen LogP contribution in [0.25, 0.3) is 0 Å². The summed E-state index contributed by atoms with van der Waals surface area (Å²) in [6.45, 7) is 6.57. The summed E-state index contributed by atoms with van der Waals surface area (Å²) in [5.74, 6) is 0. The van der Waals surface area contributed by atoms with Crippen molar-refractivity contribution in [2.45, 2.75) is 32.6 Å². The Bertz CT molecular complexity index is 470. The van der Waals surface area contributed by atoms with E-state index in [1.165, 1.54) is 29.7 Å². The van der Waals surface area contributed by atoms with Crippen molar-refractivity contribution < 1.29 is 5.11 Å². The van der Waals surface area contributed by atoms with Gasteiger partial charge >= 0.3 is 0 Å². The summed E-state index contributed by atoms with van der Waals surface area (Å²) in [4.78, 5) is 2.38. The average molecular weight is 260 g/mol. The molecule has 0 bridgehead atoms. The third kappa shape index (κ3) is 2.37. The maximum absolute atomic E-state index is 9.27. The molecule has 2 N–H and O–H groups in total. The second-order valence-corrected chi connectivity index (χ2v) is 5.71. The summed E-state index contributed by atoms with van der Waals surface area (Å²) < 4.78 is 0. The lowest BCUT2D eigenvalue weighted by atomic mass is 9.89. The molecule has 3 heteroatoms. The van der Waals surface area contributed by atoms with Crippen molar-refractivity contribution in [3.63, 3.8) is 0 Å². The molecule has 0 spiro atoms. The topological polar surface area (TPSA) is 35.5 Å². The van der Waals surface area contributed by atoms with Gasteiger partial charge in [-0.25, -0.2) is 0 Å². The van der Waals surface area contributed by atoms with Gasteiger partial charge in [-0.15, -0.1) is 0 Å². The van der Waals surface area contributed by atoms with Gasteiger partial charge in [-0.1, -0.05) is 6.07 Å². The zero-order valence-corrected chi connectivity index (χ0v) is 11.8. The van der Waals surface area contributed by atoms with Crippen LogP contribution in [0.4, 0.5) is 5.69 Å². The van der Waals surface area contributed by atoms with Gasteiger partial charge in [0.15, 0.2) is 0 Å². The average Bonchev–Trinajstić information content (AvgIpc) is 2.65. The number of benzene rings is 1. The second-order valence-electron chi connectivity index (χ2n) is 5.71. The molecule has 0 aliphatic carbocycles. The Morgan fingerprint density at radius 2 is 2.05 bits per heavy atom. The Hall–Kier alpha value is -1.06. The van der Waals surface area contributed by atoms with Crippen LogP contribution in [0.5, 0.6) is 0 Å². The van der Waals surface area contributed by atoms with Gasteiger partial charge in [-0.2, -0.15) is 0 Å². The number of nitrogens with one attached hydrogen (secondary N) is 1. The summed E-state index contributed by atoms with van der Waals surface area (Å²) in [6, 6.07) is 2.44. The third-order valence-electron chi connectivity index (χ3n) is 4.53. The van der Waals surface area contributed by atoms with E-state index < -0.39 is 0 Å². The summed E-state index contributed by atoms with van der Waals surface area (Å²) in [7, 11) is 0. The molecule has 0 atom stereocenters. The third-order valence-corrected chi connectivity index (χ3v) is 4.53. The van der Waals surface area contributed by atoms with Crippen molar-refractivity contribution in [3.8, 4) is 0 Å². The molecule has 0 unspecified atom stereocenters. The Morgan fingerprint density at radius 3 is 2.89 bits per heavy atom. The molecule has 0 saturated heterocycles. The maximum atomic E-state index is 9.27. The van der Waals surface area contributed by atoms with Crippen LogP contribution in [0.2, 0.25) is 0 Å². The molecule has 2 heterocycles. The largest absolute Gasteiger partial charge is 0.395 e. The Morgan fingerprint density at radius 1 is 1.21 bits per heavy atom. The standard InChI is InChI=1S/C16H24N2O/c1-12-15-5-7-17-6-4-13(15)11-14-3-2-8-18(9-10-19)16(12)14/h11,17,19H,2-10H2,1H3. The quantitative estimate of drug-likeness (QED) is 0.844. The highest BCUT2D eigenvalue weighted by Crippen LogP contribution is 2.35. The predicted molar refractivity (Wildman–Crippen MR) is 79.1 cm³/mol. The molecule has 0 amide bonds. The molecular weight excluding hydrogens is 236 g/mol. The van der Waals surface area contributed by atoms with E-state index in [9.17, 15) is 5.11 Å². The van der Waals surface area contributed by atoms with Gasteiger partial charge in [0.25, 0.3) is 0 Å². The lowest BCUT2D eigenvalue weighted by molar-refractivity contribution is 0.301. The number of hydrogen-bond acceptors (Lipinski definition) is 3. The van der Waals surface area contributed by atoms with Crippen LogP contribution in [-0.4, -0.2) is 37.9 Å². The van der Waals surface area contributed by atoms with Crippen LogP contribution in [0, 0.1) is 6.92 Å². The first-order valence-corrected chi connectivity index (χ1v) is 7.52. The van der Waals surface area contributed by atoms with Crippen LogP contribution in [0.1, 0.15) is 28.7 Å². The highest BCUT2D eigenvalue weighted by molar-refractivity contribution is 5.65. The number of anilines is 1. The molecule has 3 rings (SSSR count). The van der Waals surface area contributed by atoms with E-state index in [1.807, 2.05) is 0 Å². The summed E-state index contributed by atoms with van der Waals surface area (Å²) in [5, 5.41) is 12.8. The molecule has 104 valence electrons. The maximum Gasteiger partial charge on any atom is 0.0606 e. The first-order chi connectivity index (χ1) is 9.31. The van der Waals surface area contributed by atoms with Gasteiger partial charge in [0.05, 0.1) is 6.61 Å². The van der Waals surface area contributed by atoms with Gasteiger partial charge in [-0.3, -0.25) is 0 Å². The first kappa shape index (κ1) is 12.9. The molecule has 0 radical (unpaired) electrons. The van der Waals surface area contributed by atoms with Crippen LogP contribution in [0.15, 0.2) is 6.07 Å². The number of fused-ring (bicyclic) bond motifs is 2. The molecule has 0 aromatic heterocycles. The van der Waals surface area contributed by atoms with Crippen molar-refractivity contribution >= 4 is 5.69 Å². The van der Waals surface area contributed by atoms with Gasteiger partial charge < -0.3 is 15.3 Å². The second kappa shape index (κ2) is 5.51. The molecule has 2 aliphatic rings. The first-order valence-electron chi connectivity index (χ1n) is 7.52. The van der Waals surface area contributed by atoms with E-state index in [4.69, 9.17) is 0 Å². The van der Waals surface area contributed by atoms with Gasteiger partial charge in [-0.05, 0) is 68.0 Å². The number of aliphatic hydroxyl groups excluding tert-OH is 1. The summed E-state index contributed by atoms with van der Waals surface area (Å²) >= 11 is 0. The lowest BCUT2D eigenvalue weighted by Crippen LogP contribution is -2.33. The van der Waals surface area contributed by atoms with Crippen molar-refractivity contribution in [3.05, 3.63) is 28.3 Å². The van der Waals surface area contributed by atoms with Crippen LogP contribution < -0.4 is 10.2 Å².